The third-order valence-electron chi connectivity index (χ3n) is 3.84. The fourth-order valence-corrected chi connectivity index (χ4v) is 3.99. The van der Waals surface area contributed by atoms with Crippen LogP contribution in [0, 0.1) is 5.92 Å². The third-order valence-corrected chi connectivity index (χ3v) is 5.24. The van der Waals surface area contributed by atoms with Crippen LogP contribution in [0.1, 0.15) is 44.9 Å². The van der Waals surface area contributed by atoms with Gasteiger partial charge in [-0.15, -0.1) is 0 Å². The van der Waals surface area contributed by atoms with Crippen molar-refractivity contribution >= 4 is 40.2 Å². The fourth-order valence-electron chi connectivity index (χ4n) is 2.61. The van der Waals surface area contributed by atoms with E-state index in [-0.39, 0.29) is 12.3 Å². The fraction of sp³-hybridized carbons (Fsp3) is 0.562. The van der Waals surface area contributed by atoms with Crippen molar-refractivity contribution in [3.8, 4) is 0 Å². The monoisotopic (exact) mass is 339 g/mol. The van der Waals surface area contributed by atoms with Gasteiger partial charge in [0.15, 0.2) is 0 Å². The van der Waals surface area contributed by atoms with Gasteiger partial charge < -0.3 is 5.11 Å². The van der Waals surface area contributed by atoms with Crippen LogP contribution in [-0.2, 0) is 9.59 Å². The summed E-state index contributed by atoms with van der Waals surface area (Å²) in [5.41, 5.74) is 0. The number of carboxylic acids is 1. The highest BCUT2D eigenvalue weighted by Crippen LogP contribution is 2.34. The molecule has 6 heteroatoms. The van der Waals surface area contributed by atoms with Crippen molar-refractivity contribution in [1.29, 1.82) is 0 Å². The van der Waals surface area contributed by atoms with Crippen molar-refractivity contribution in [3.63, 3.8) is 0 Å². The molecule has 1 atom stereocenters. The number of nitrogens with zero attached hydrogens (tertiary/aromatic N) is 1. The van der Waals surface area contributed by atoms with Gasteiger partial charge in [-0.1, -0.05) is 48.6 Å². The summed E-state index contributed by atoms with van der Waals surface area (Å²) >= 11 is 6.70. The van der Waals surface area contributed by atoms with Gasteiger partial charge in [0.1, 0.15) is 4.32 Å². The van der Waals surface area contributed by atoms with E-state index < -0.39 is 5.97 Å². The lowest BCUT2D eigenvalue weighted by atomic mass is 9.94. The van der Waals surface area contributed by atoms with E-state index in [9.17, 15) is 9.59 Å². The quantitative estimate of drug-likeness (QED) is 0.331. The van der Waals surface area contributed by atoms with Crippen LogP contribution in [0.4, 0.5) is 0 Å². The molecule has 1 saturated heterocycles. The second kappa shape index (κ2) is 8.48. The van der Waals surface area contributed by atoms with Crippen molar-refractivity contribution in [1.82, 2.24) is 4.90 Å². The molecule has 0 aromatic carbocycles. The number of rotatable bonds is 7. The van der Waals surface area contributed by atoms with Gasteiger partial charge >= 0.3 is 5.97 Å². The normalized spacial score (nSPS) is 23.5. The zero-order valence-electron chi connectivity index (χ0n) is 12.5. The Balaban J connectivity index is 1.82. The van der Waals surface area contributed by atoms with E-state index >= 15 is 0 Å². The smallest absolute Gasteiger partial charge is 0.303 e. The number of carbonyl (C=O) groups is 2. The Hall–Kier alpha value is -1.14. The number of thioether (sulfide) groups is 1. The molecule has 0 aromatic heterocycles. The molecule has 1 N–H and O–H groups in total. The Morgan fingerprint density at radius 3 is 2.91 bits per heavy atom. The number of hydrogen-bond acceptors (Lipinski definition) is 4. The maximum atomic E-state index is 12.4. The molecule has 0 saturated carbocycles. The second-order valence-corrected chi connectivity index (χ2v) is 7.28. The highest BCUT2D eigenvalue weighted by atomic mass is 32.2. The van der Waals surface area contributed by atoms with E-state index in [0.717, 1.165) is 37.0 Å². The number of thiocarbonyl (C=S) groups is 1. The van der Waals surface area contributed by atoms with Crippen molar-refractivity contribution in [2.45, 2.75) is 44.9 Å². The lowest BCUT2D eigenvalue weighted by Gasteiger charge is -2.15. The molecule has 2 aliphatic rings. The molecule has 2 rings (SSSR count). The summed E-state index contributed by atoms with van der Waals surface area (Å²) in [5.74, 6) is -0.312. The van der Waals surface area contributed by atoms with E-state index in [1.807, 2.05) is 0 Å². The summed E-state index contributed by atoms with van der Waals surface area (Å²) in [6.07, 6.45) is 12.0. The maximum Gasteiger partial charge on any atom is 0.303 e. The Morgan fingerprint density at radius 1 is 1.41 bits per heavy atom. The summed E-state index contributed by atoms with van der Waals surface area (Å²) in [6.45, 7) is 0.589. The molecule has 1 aliphatic heterocycles. The maximum absolute atomic E-state index is 12.4. The molecule has 1 amide bonds. The number of carboxylic acid groups (broad SMARTS) is 1. The average Bonchev–Trinajstić information content (AvgIpc) is 2.75. The van der Waals surface area contributed by atoms with Crippen LogP contribution < -0.4 is 0 Å². The standard InChI is InChI=1S/C16H21NO3S2/c18-14(19)9-5-2-6-10-17-15(20)13(22-16(17)21)11-12-7-3-1-4-8-12/h1,3,11-12H,2,4-10H2,(H,18,19)/b13-11-/t12-/m0/s1. The van der Waals surface area contributed by atoms with Crippen LogP contribution in [0.5, 0.6) is 0 Å². The van der Waals surface area contributed by atoms with Gasteiger partial charge in [-0.05, 0) is 38.0 Å². The van der Waals surface area contributed by atoms with Crippen molar-refractivity contribution < 1.29 is 14.7 Å². The van der Waals surface area contributed by atoms with E-state index in [1.54, 1.807) is 4.90 Å². The minimum atomic E-state index is -0.768. The molecular formula is C16H21NO3S2. The third kappa shape index (κ3) is 4.95. The van der Waals surface area contributed by atoms with Gasteiger partial charge in [0.25, 0.3) is 5.91 Å². The van der Waals surface area contributed by atoms with Crippen molar-refractivity contribution in [2.75, 3.05) is 6.54 Å². The van der Waals surface area contributed by atoms with Crippen molar-refractivity contribution in [3.05, 3.63) is 23.1 Å². The predicted octanol–water partition coefficient (Wildman–Crippen LogP) is 3.73. The summed E-state index contributed by atoms with van der Waals surface area (Å²) in [7, 11) is 0. The largest absolute Gasteiger partial charge is 0.481 e. The zero-order chi connectivity index (χ0) is 15.9. The van der Waals surface area contributed by atoms with Gasteiger partial charge in [0.2, 0.25) is 0 Å². The van der Waals surface area contributed by atoms with Gasteiger partial charge in [-0.2, -0.15) is 0 Å². The Bertz CT molecular complexity index is 514. The molecule has 0 aromatic rings. The predicted molar refractivity (Wildman–Crippen MR) is 92.6 cm³/mol. The number of carbonyl (C=O) groups excluding carboxylic acids is 1. The minimum Gasteiger partial charge on any atom is -0.481 e. The SMILES string of the molecule is O=C(O)CCCCCN1C(=O)/C(=C/[C@H]2CC=CCC2)SC1=S. The molecule has 120 valence electrons. The second-order valence-electron chi connectivity index (χ2n) is 5.60. The van der Waals surface area contributed by atoms with Gasteiger partial charge in [-0.3, -0.25) is 14.5 Å². The average molecular weight is 339 g/mol. The first-order chi connectivity index (χ1) is 10.6. The number of allylic oxidation sites excluding steroid dienone is 3. The lowest BCUT2D eigenvalue weighted by molar-refractivity contribution is -0.137. The van der Waals surface area contributed by atoms with E-state index in [4.69, 9.17) is 17.3 Å². The molecule has 0 spiro atoms. The van der Waals surface area contributed by atoms with E-state index in [1.165, 1.54) is 11.8 Å². The Kier molecular flexibility index (Phi) is 6.64. The summed E-state index contributed by atoms with van der Waals surface area (Å²) < 4.78 is 0.626. The Labute approximate surface area is 140 Å². The molecule has 0 unspecified atom stereocenters. The van der Waals surface area contributed by atoms with Crippen LogP contribution in [0.25, 0.3) is 0 Å². The number of unbranched alkanes of at least 4 members (excludes halogenated alkanes) is 2. The molecule has 1 heterocycles. The molecular weight excluding hydrogens is 318 g/mol. The lowest BCUT2D eigenvalue weighted by Crippen LogP contribution is -2.29. The van der Waals surface area contributed by atoms with Crippen LogP contribution in [0.15, 0.2) is 23.1 Å². The highest BCUT2D eigenvalue weighted by Gasteiger charge is 2.32. The van der Waals surface area contributed by atoms with Crippen LogP contribution in [-0.4, -0.2) is 32.7 Å². The zero-order valence-corrected chi connectivity index (χ0v) is 14.1. The molecule has 1 aliphatic carbocycles. The van der Waals surface area contributed by atoms with E-state index in [2.05, 4.69) is 18.2 Å². The van der Waals surface area contributed by atoms with Crippen LogP contribution >= 0.6 is 24.0 Å². The van der Waals surface area contributed by atoms with Crippen LogP contribution in [0.3, 0.4) is 0 Å². The summed E-state index contributed by atoms with van der Waals surface area (Å²) in [6, 6.07) is 0. The molecule has 22 heavy (non-hydrogen) atoms. The first-order valence-corrected chi connectivity index (χ1v) is 8.92. The number of hydrogen-bond donors (Lipinski definition) is 1. The minimum absolute atomic E-state index is 0.0165. The molecule has 0 radical (unpaired) electrons. The number of aliphatic carboxylic acids is 1. The summed E-state index contributed by atoms with van der Waals surface area (Å²) in [5, 5.41) is 8.60. The highest BCUT2D eigenvalue weighted by molar-refractivity contribution is 8.26. The van der Waals surface area contributed by atoms with Crippen LogP contribution in [0.2, 0.25) is 0 Å². The van der Waals surface area contributed by atoms with Gasteiger partial charge in [0, 0.05) is 13.0 Å². The summed E-state index contributed by atoms with van der Waals surface area (Å²) in [4.78, 5) is 25.3. The first-order valence-electron chi connectivity index (χ1n) is 7.70. The molecule has 0 bridgehead atoms. The first kappa shape index (κ1) is 17.2. The number of amides is 1. The molecule has 1 fully saturated rings. The molecule has 4 nitrogen and oxygen atoms in total. The van der Waals surface area contributed by atoms with Gasteiger partial charge in [-0.25, -0.2) is 0 Å². The van der Waals surface area contributed by atoms with Gasteiger partial charge in [0.05, 0.1) is 4.91 Å². The van der Waals surface area contributed by atoms with Crippen molar-refractivity contribution in [2.24, 2.45) is 5.92 Å². The topological polar surface area (TPSA) is 57.6 Å². The Morgan fingerprint density at radius 2 is 2.23 bits per heavy atom. The van der Waals surface area contributed by atoms with E-state index in [0.29, 0.717) is 23.2 Å².